The predicted octanol–water partition coefficient (Wildman–Crippen LogP) is 4.46. The number of non-ortho nitro benzene ring substituents is 1. The fraction of sp³-hybridized carbons (Fsp3) is 0. The Morgan fingerprint density at radius 1 is 1.17 bits per heavy atom. The maximum atomic E-state index is 12.7. The van der Waals surface area contributed by atoms with E-state index in [0.29, 0.717) is 14.5 Å². The van der Waals surface area contributed by atoms with Crippen LogP contribution < -0.4 is 0 Å². The molecule has 9 heteroatoms. The highest BCUT2D eigenvalue weighted by Gasteiger charge is 2.24. The molecule has 0 saturated heterocycles. The van der Waals surface area contributed by atoms with Gasteiger partial charge in [-0.15, -0.1) is 0 Å². The molecule has 2 aromatic carbocycles. The van der Waals surface area contributed by atoms with Crippen molar-refractivity contribution < 1.29 is 13.3 Å². The topological polar surface area (TPSA) is 101 Å². The van der Waals surface area contributed by atoms with Gasteiger partial charge in [0, 0.05) is 21.1 Å². The number of nitriles is 1. The Morgan fingerprint density at radius 2 is 1.79 bits per heavy atom. The third-order valence-electron chi connectivity index (χ3n) is 2.98. The Hall–Kier alpha value is -2.02. The molecule has 122 valence electrons. The van der Waals surface area contributed by atoms with Crippen LogP contribution in [0.5, 0.6) is 0 Å². The van der Waals surface area contributed by atoms with Crippen molar-refractivity contribution in [2.75, 3.05) is 0 Å². The fourth-order valence-electron chi connectivity index (χ4n) is 1.82. The molecule has 0 spiro atoms. The first kappa shape index (κ1) is 18.3. The van der Waals surface area contributed by atoms with Gasteiger partial charge >= 0.3 is 0 Å². The van der Waals surface area contributed by atoms with Gasteiger partial charge in [-0.3, -0.25) is 10.1 Å². The molecule has 0 unspecified atom stereocenters. The van der Waals surface area contributed by atoms with Crippen molar-refractivity contribution >= 4 is 53.5 Å². The second-order valence-corrected chi connectivity index (χ2v) is 8.20. The number of benzene rings is 2. The van der Waals surface area contributed by atoms with E-state index < -0.39 is 19.7 Å². The molecule has 0 saturated carbocycles. The molecule has 0 N–H and O–H groups in total. The quantitative estimate of drug-likeness (QED) is 0.372. The molecule has 6 nitrogen and oxygen atoms in total. The average Bonchev–Trinajstić information content (AvgIpc) is 2.55. The number of nitro benzene ring substituents is 1. The smallest absolute Gasteiger partial charge is 0.258 e. The minimum absolute atomic E-state index is 0.0495. The van der Waals surface area contributed by atoms with Crippen LogP contribution in [-0.2, 0) is 9.84 Å². The molecule has 24 heavy (non-hydrogen) atoms. The summed E-state index contributed by atoms with van der Waals surface area (Å²) in [6.45, 7) is 0. The second kappa shape index (κ2) is 7.25. The highest BCUT2D eigenvalue weighted by molar-refractivity contribution is 9.11. The first-order valence-electron chi connectivity index (χ1n) is 6.32. The van der Waals surface area contributed by atoms with E-state index in [1.807, 2.05) is 0 Å². The molecular formula is C15H8Br2N2O4S. The summed E-state index contributed by atoms with van der Waals surface area (Å²) in [5, 5.41) is 19.9. The Morgan fingerprint density at radius 3 is 2.33 bits per heavy atom. The van der Waals surface area contributed by atoms with E-state index in [1.165, 1.54) is 36.4 Å². The first-order chi connectivity index (χ1) is 11.3. The third-order valence-corrected chi connectivity index (χ3v) is 6.14. The SMILES string of the molecule is N#C/C(=C\c1ccc([N+](=O)[O-])cc1)S(=O)(=O)c1cc(Br)ccc1Br. The molecule has 0 aliphatic carbocycles. The normalized spacial score (nSPS) is 11.8. The van der Waals surface area contributed by atoms with E-state index >= 15 is 0 Å². The lowest BCUT2D eigenvalue weighted by molar-refractivity contribution is -0.384. The maximum Gasteiger partial charge on any atom is 0.269 e. The molecule has 0 aliphatic rings. The zero-order valence-corrected chi connectivity index (χ0v) is 15.8. The number of rotatable bonds is 4. The Kier molecular flexibility index (Phi) is 5.54. The van der Waals surface area contributed by atoms with E-state index in [4.69, 9.17) is 0 Å². The van der Waals surface area contributed by atoms with E-state index in [9.17, 15) is 23.8 Å². The molecule has 0 amide bonds. The lowest BCUT2D eigenvalue weighted by Crippen LogP contribution is -2.04. The molecule has 2 rings (SSSR count). The molecule has 0 heterocycles. The van der Waals surface area contributed by atoms with Gasteiger partial charge in [0.15, 0.2) is 0 Å². The number of hydrogen-bond donors (Lipinski definition) is 0. The molecule has 0 aromatic heterocycles. The maximum absolute atomic E-state index is 12.7. The van der Waals surface area contributed by atoms with Crippen molar-refractivity contribution in [3.8, 4) is 6.07 Å². The summed E-state index contributed by atoms with van der Waals surface area (Å²) in [4.78, 5) is 9.56. The Labute approximate surface area is 154 Å². The van der Waals surface area contributed by atoms with Crippen LogP contribution in [0.3, 0.4) is 0 Å². The van der Waals surface area contributed by atoms with E-state index in [2.05, 4.69) is 31.9 Å². The van der Waals surface area contributed by atoms with Crippen LogP contribution in [0.2, 0.25) is 0 Å². The first-order valence-corrected chi connectivity index (χ1v) is 9.39. The Bertz CT molecular complexity index is 978. The monoisotopic (exact) mass is 470 g/mol. The molecule has 0 atom stereocenters. The summed E-state index contributed by atoms with van der Waals surface area (Å²) in [5.41, 5.74) is 0.245. The summed E-state index contributed by atoms with van der Waals surface area (Å²) < 4.78 is 26.2. The summed E-state index contributed by atoms with van der Waals surface area (Å²) in [7, 11) is -4.04. The van der Waals surface area contributed by atoms with Crippen LogP contribution in [0.4, 0.5) is 5.69 Å². The van der Waals surface area contributed by atoms with Crippen molar-refractivity contribution in [2.45, 2.75) is 4.90 Å². The molecule has 0 radical (unpaired) electrons. The molecule has 2 aromatic rings. The van der Waals surface area contributed by atoms with Crippen LogP contribution in [0.25, 0.3) is 6.08 Å². The predicted molar refractivity (Wildman–Crippen MR) is 95.7 cm³/mol. The zero-order chi connectivity index (χ0) is 17.9. The van der Waals surface area contributed by atoms with Crippen molar-refractivity contribution in [3.63, 3.8) is 0 Å². The van der Waals surface area contributed by atoms with Gasteiger partial charge in [-0.1, -0.05) is 15.9 Å². The number of allylic oxidation sites excluding steroid dienone is 1. The Balaban J connectivity index is 2.52. The standard InChI is InChI=1S/C15H8Br2N2O4S/c16-11-3-6-14(17)15(8-11)24(22,23)13(9-18)7-10-1-4-12(5-2-10)19(20)21/h1-8H/b13-7+. The van der Waals surface area contributed by atoms with Gasteiger partial charge in [0.05, 0.1) is 9.82 Å². The molecule has 0 bridgehead atoms. The molecule has 0 fully saturated rings. The lowest BCUT2D eigenvalue weighted by Gasteiger charge is -2.06. The highest BCUT2D eigenvalue weighted by atomic mass is 79.9. The summed E-state index contributed by atoms with van der Waals surface area (Å²) in [5.74, 6) is 0. The summed E-state index contributed by atoms with van der Waals surface area (Å²) in [6.07, 6.45) is 1.17. The van der Waals surface area contributed by atoms with Gasteiger partial charge in [0.2, 0.25) is 9.84 Å². The fourth-order valence-corrected chi connectivity index (χ4v) is 4.47. The number of nitro groups is 1. The summed E-state index contributed by atoms with van der Waals surface area (Å²) in [6, 6.07) is 11.5. The molecule has 0 aliphatic heterocycles. The van der Waals surface area contributed by atoms with Gasteiger partial charge in [0.1, 0.15) is 11.0 Å². The van der Waals surface area contributed by atoms with E-state index in [0.717, 1.165) is 0 Å². The average molecular weight is 472 g/mol. The van der Waals surface area contributed by atoms with Gasteiger partial charge in [-0.2, -0.15) is 5.26 Å². The van der Waals surface area contributed by atoms with Gasteiger partial charge in [-0.25, -0.2) is 8.42 Å². The zero-order valence-electron chi connectivity index (χ0n) is 11.8. The van der Waals surface area contributed by atoms with Crippen molar-refractivity contribution in [2.24, 2.45) is 0 Å². The number of sulfone groups is 1. The number of hydrogen-bond acceptors (Lipinski definition) is 5. The second-order valence-electron chi connectivity index (χ2n) is 4.55. The number of halogens is 2. The third kappa shape index (κ3) is 3.90. The number of nitrogens with zero attached hydrogens (tertiary/aromatic N) is 2. The van der Waals surface area contributed by atoms with Crippen LogP contribution >= 0.6 is 31.9 Å². The lowest BCUT2D eigenvalue weighted by atomic mass is 10.2. The van der Waals surface area contributed by atoms with Crippen molar-refractivity contribution in [1.82, 2.24) is 0 Å². The minimum atomic E-state index is -4.04. The molecular weight excluding hydrogens is 464 g/mol. The highest BCUT2D eigenvalue weighted by Crippen LogP contribution is 2.30. The van der Waals surface area contributed by atoms with E-state index in [1.54, 1.807) is 18.2 Å². The van der Waals surface area contributed by atoms with Crippen molar-refractivity contribution in [1.29, 1.82) is 5.26 Å². The van der Waals surface area contributed by atoms with Gasteiger partial charge in [0.25, 0.3) is 5.69 Å². The van der Waals surface area contributed by atoms with Crippen LogP contribution in [0.1, 0.15) is 5.56 Å². The van der Waals surface area contributed by atoms with Gasteiger partial charge < -0.3 is 0 Å². The van der Waals surface area contributed by atoms with Crippen LogP contribution in [0, 0.1) is 21.4 Å². The largest absolute Gasteiger partial charge is 0.269 e. The minimum Gasteiger partial charge on any atom is -0.258 e. The van der Waals surface area contributed by atoms with Gasteiger partial charge in [-0.05, 0) is 57.9 Å². The van der Waals surface area contributed by atoms with E-state index in [-0.39, 0.29) is 10.6 Å². The van der Waals surface area contributed by atoms with Crippen LogP contribution in [0.15, 0.2) is 61.2 Å². The summed E-state index contributed by atoms with van der Waals surface area (Å²) >= 11 is 6.36. The van der Waals surface area contributed by atoms with Crippen LogP contribution in [-0.4, -0.2) is 13.3 Å². The van der Waals surface area contributed by atoms with Crippen molar-refractivity contribution in [3.05, 3.63) is 72.0 Å².